The van der Waals surface area contributed by atoms with Crippen LogP contribution >= 0.6 is 11.6 Å². The maximum Gasteiger partial charge on any atom is 0.187 e. The van der Waals surface area contributed by atoms with E-state index in [1.54, 1.807) is 10.7 Å². The minimum absolute atomic E-state index is 0.0115. The van der Waals surface area contributed by atoms with E-state index in [1.165, 1.54) is 18.5 Å². The molecular formula is C12H15ClN4O2S. The van der Waals surface area contributed by atoms with Crippen LogP contribution in [0, 0.1) is 0 Å². The van der Waals surface area contributed by atoms with Crippen molar-refractivity contribution < 1.29 is 8.42 Å². The van der Waals surface area contributed by atoms with E-state index in [4.69, 9.17) is 17.3 Å². The minimum Gasteiger partial charge on any atom is -0.399 e. The number of anilines is 1. The highest BCUT2D eigenvalue weighted by Gasteiger charge is 2.22. The van der Waals surface area contributed by atoms with Crippen LogP contribution in [-0.2, 0) is 15.6 Å². The fraction of sp³-hybridized carbons (Fsp3) is 0.333. The van der Waals surface area contributed by atoms with E-state index in [9.17, 15) is 8.42 Å². The Labute approximate surface area is 122 Å². The molecule has 2 N–H and O–H groups in total. The van der Waals surface area contributed by atoms with Crippen molar-refractivity contribution in [2.45, 2.75) is 30.5 Å². The molecule has 0 spiro atoms. The van der Waals surface area contributed by atoms with E-state index in [0.717, 1.165) is 0 Å². The summed E-state index contributed by atoms with van der Waals surface area (Å²) in [7, 11) is -3.63. The molecular weight excluding hydrogens is 300 g/mol. The van der Waals surface area contributed by atoms with E-state index in [1.807, 2.05) is 13.8 Å². The lowest BCUT2D eigenvalue weighted by Gasteiger charge is -2.11. The summed E-state index contributed by atoms with van der Waals surface area (Å²) < 4.78 is 26.4. The van der Waals surface area contributed by atoms with Crippen molar-refractivity contribution in [3.63, 3.8) is 0 Å². The number of hydrogen-bond acceptors (Lipinski definition) is 5. The highest BCUT2D eigenvalue weighted by atomic mass is 35.5. The molecule has 1 aromatic heterocycles. The average Bonchev–Trinajstić information content (AvgIpc) is 2.79. The third-order valence-electron chi connectivity index (χ3n) is 2.75. The zero-order chi connectivity index (χ0) is 14.9. The van der Waals surface area contributed by atoms with Gasteiger partial charge in [-0.1, -0.05) is 11.6 Å². The zero-order valence-corrected chi connectivity index (χ0v) is 12.7. The first-order valence-electron chi connectivity index (χ1n) is 5.97. The molecule has 0 saturated carbocycles. The Morgan fingerprint density at radius 1 is 1.40 bits per heavy atom. The monoisotopic (exact) mass is 314 g/mol. The maximum absolute atomic E-state index is 12.4. The molecule has 0 atom stereocenters. The van der Waals surface area contributed by atoms with Gasteiger partial charge in [0.1, 0.15) is 17.9 Å². The summed E-state index contributed by atoms with van der Waals surface area (Å²) in [6.45, 7) is 3.80. The fourth-order valence-corrected chi connectivity index (χ4v) is 3.67. The van der Waals surface area contributed by atoms with Gasteiger partial charge in [-0.25, -0.2) is 18.1 Å². The lowest BCUT2D eigenvalue weighted by molar-refractivity contribution is 0.510. The summed E-state index contributed by atoms with van der Waals surface area (Å²) >= 11 is 5.95. The van der Waals surface area contributed by atoms with Gasteiger partial charge in [0.15, 0.2) is 9.84 Å². The summed E-state index contributed by atoms with van der Waals surface area (Å²) in [5.74, 6) is 0.104. The van der Waals surface area contributed by atoms with Crippen LogP contribution in [0.5, 0.6) is 0 Å². The number of sulfone groups is 1. The Morgan fingerprint density at radius 2 is 2.10 bits per heavy atom. The molecule has 20 heavy (non-hydrogen) atoms. The quantitative estimate of drug-likeness (QED) is 0.872. The first-order chi connectivity index (χ1) is 9.31. The minimum atomic E-state index is -3.63. The Hall–Kier alpha value is -1.60. The Balaban J connectivity index is 2.41. The summed E-state index contributed by atoms with van der Waals surface area (Å²) in [4.78, 5) is 4.01. The van der Waals surface area contributed by atoms with Gasteiger partial charge in [0.2, 0.25) is 0 Å². The van der Waals surface area contributed by atoms with Gasteiger partial charge in [-0.2, -0.15) is 5.10 Å². The second-order valence-corrected chi connectivity index (χ2v) is 7.03. The molecule has 0 fully saturated rings. The van der Waals surface area contributed by atoms with Gasteiger partial charge in [0.05, 0.1) is 9.92 Å². The van der Waals surface area contributed by atoms with Crippen LogP contribution in [0.25, 0.3) is 0 Å². The average molecular weight is 315 g/mol. The van der Waals surface area contributed by atoms with Crippen molar-refractivity contribution in [1.29, 1.82) is 0 Å². The van der Waals surface area contributed by atoms with Gasteiger partial charge in [-0.3, -0.25) is 0 Å². The van der Waals surface area contributed by atoms with Gasteiger partial charge in [-0.05, 0) is 32.0 Å². The molecule has 2 aromatic rings. The number of nitrogens with two attached hydrogens (primary N) is 1. The topological polar surface area (TPSA) is 90.9 Å². The number of nitrogens with zero attached hydrogens (tertiary/aromatic N) is 3. The van der Waals surface area contributed by atoms with E-state index in [2.05, 4.69) is 10.1 Å². The van der Waals surface area contributed by atoms with Crippen LogP contribution in [0.2, 0.25) is 5.02 Å². The van der Waals surface area contributed by atoms with Crippen LogP contribution in [0.15, 0.2) is 29.4 Å². The largest absolute Gasteiger partial charge is 0.399 e. The highest BCUT2D eigenvalue weighted by molar-refractivity contribution is 7.90. The first kappa shape index (κ1) is 14.8. The predicted molar refractivity (Wildman–Crippen MR) is 77.2 cm³/mol. The molecule has 8 heteroatoms. The van der Waals surface area contributed by atoms with Crippen molar-refractivity contribution in [2.75, 3.05) is 5.73 Å². The molecule has 2 rings (SSSR count). The SMILES string of the molecule is CC(C)n1ncnc1CS(=O)(=O)c1cc(N)ccc1Cl. The molecule has 0 unspecified atom stereocenters. The molecule has 0 bridgehead atoms. The fourth-order valence-electron chi connectivity index (χ4n) is 1.81. The number of aromatic nitrogens is 3. The molecule has 0 radical (unpaired) electrons. The molecule has 1 aromatic carbocycles. The number of benzene rings is 1. The van der Waals surface area contributed by atoms with Crippen LogP contribution < -0.4 is 5.73 Å². The van der Waals surface area contributed by atoms with Crippen molar-refractivity contribution in [1.82, 2.24) is 14.8 Å². The molecule has 108 valence electrons. The van der Waals surface area contributed by atoms with Gasteiger partial charge in [-0.15, -0.1) is 0 Å². The second-order valence-electron chi connectivity index (χ2n) is 4.66. The van der Waals surface area contributed by atoms with Crippen LogP contribution in [0.4, 0.5) is 5.69 Å². The van der Waals surface area contributed by atoms with Crippen molar-refractivity contribution in [3.8, 4) is 0 Å². The number of rotatable bonds is 4. The second kappa shape index (κ2) is 5.41. The third-order valence-corrected chi connectivity index (χ3v) is 4.83. The molecule has 0 aliphatic rings. The maximum atomic E-state index is 12.4. The Kier molecular flexibility index (Phi) is 4.01. The van der Waals surface area contributed by atoms with Crippen LogP contribution in [0.3, 0.4) is 0 Å². The Morgan fingerprint density at radius 3 is 2.75 bits per heavy atom. The number of nitrogen functional groups attached to an aromatic ring is 1. The summed E-state index contributed by atoms with van der Waals surface area (Å²) in [5, 5.41) is 4.16. The summed E-state index contributed by atoms with van der Waals surface area (Å²) in [6.07, 6.45) is 1.34. The van der Waals surface area contributed by atoms with E-state index >= 15 is 0 Å². The van der Waals surface area contributed by atoms with Gasteiger partial charge in [0.25, 0.3) is 0 Å². The normalized spacial score (nSPS) is 12.0. The van der Waals surface area contributed by atoms with Crippen molar-refractivity contribution in [3.05, 3.63) is 35.4 Å². The zero-order valence-electron chi connectivity index (χ0n) is 11.1. The molecule has 0 aliphatic carbocycles. The van der Waals surface area contributed by atoms with E-state index < -0.39 is 9.84 Å². The number of halogens is 1. The summed E-state index contributed by atoms with van der Waals surface area (Å²) in [6, 6.07) is 4.40. The van der Waals surface area contributed by atoms with E-state index in [0.29, 0.717) is 11.5 Å². The van der Waals surface area contributed by atoms with Crippen molar-refractivity contribution >= 4 is 27.1 Å². The molecule has 0 saturated heterocycles. The molecule has 6 nitrogen and oxygen atoms in total. The third kappa shape index (κ3) is 2.94. The first-order valence-corrected chi connectivity index (χ1v) is 8.00. The van der Waals surface area contributed by atoms with Gasteiger partial charge >= 0.3 is 0 Å². The van der Waals surface area contributed by atoms with Crippen LogP contribution in [-0.4, -0.2) is 23.2 Å². The van der Waals surface area contributed by atoms with E-state index in [-0.39, 0.29) is 21.7 Å². The predicted octanol–water partition coefficient (Wildman–Crippen LogP) is 2.07. The van der Waals surface area contributed by atoms with Gasteiger partial charge < -0.3 is 5.73 Å². The molecule has 0 amide bonds. The number of hydrogen-bond donors (Lipinski definition) is 1. The molecule has 1 heterocycles. The Bertz CT molecular complexity index is 725. The lowest BCUT2D eigenvalue weighted by Crippen LogP contribution is -2.14. The van der Waals surface area contributed by atoms with Crippen LogP contribution in [0.1, 0.15) is 25.7 Å². The smallest absolute Gasteiger partial charge is 0.187 e. The highest BCUT2D eigenvalue weighted by Crippen LogP contribution is 2.26. The lowest BCUT2D eigenvalue weighted by atomic mass is 10.3. The summed E-state index contributed by atoms with van der Waals surface area (Å²) in [5.41, 5.74) is 5.97. The van der Waals surface area contributed by atoms with Crippen molar-refractivity contribution in [2.24, 2.45) is 0 Å². The standard InChI is InChI=1S/C12H15ClN4O2S/c1-8(2)17-12(15-7-16-17)6-20(18,19)11-5-9(14)3-4-10(11)13/h3-5,7-8H,6,14H2,1-2H3. The molecule has 0 aliphatic heterocycles. The van der Waals surface area contributed by atoms with Gasteiger partial charge in [0, 0.05) is 11.7 Å².